The highest BCUT2D eigenvalue weighted by Crippen LogP contribution is 2.26. The van der Waals surface area contributed by atoms with Crippen LogP contribution in [0, 0.1) is 5.41 Å². The van der Waals surface area contributed by atoms with Gasteiger partial charge in [-0.15, -0.1) is 11.3 Å². The zero-order valence-corrected chi connectivity index (χ0v) is 16.1. The number of nitrogens with zero attached hydrogens (tertiary/aromatic N) is 1. The van der Waals surface area contributed by atoms with Gasteiger partial charge in [0, 0.05) is 16.6 Å². The van der Waals surface area contributed by atoms with Crippen molar-refractivity contribution >= 4 is 35.1 Å². The second-order valence-electron chi connectivity index (χ2n) is 6.43. The zero-order valence-electron chi connectivity index (χ0n) is 15.3. The molecule has 0 saturated heterocycles. The normalized spacial score (nSPS) is 11.8. The lowest BCUT2D eigenvalue weighted by Gasteiger charge is -2.20. The molecule has 2 amide bonds. The van der Waals surface area contributed by atoms with Crippen LogP contribution in [-0.4, -0.2) is 34.8 Å². The van der Waals surface area contributed by atoms with E-state index in [1.165, 1.54) is 17.4 Å². The number of aldehydes is 1. The standard InChI is InChI=1S/C19H21N3O4S/c1-4-13(9-23)20-16(25)15-10-27-17(22-15)12-5-7-14(8-6-12)21-18(26)19(2,3)11-24/h4-10,24H,11H2,1-3H3,(H,20,25)(H,21,26)/b13-4+. The van der Waals surface area contributed by atoms with Crippen LogP contribution in [-0.2, 0) is 9.59 Å². The predicted molar refractivity (Wildman–Crippen MR) is 104 cm³/mol. The third kappa shape index (κ3) is 5.08. The highest BCUT2D eigenvalue weighted by Gasteiger charge is 2.26. The zero-order chi connectivity index (χ0) is 20.0. The molecule has 142 valence electrons. The number of allylic oxidation sites excluding steroid dienone is 2. The summed E-state index contributed by atoms with van der Waals surface area (Å²) in [6.45, 7) is 4.71. The maximum absolute atomic E-state index is 12.1. The largest absolute Gasteiger partial charge is 0.395 e. The van der Waals surface area contributed by atoms with Gasteiger partial charge in [-0.3, -0.25) is 14.4 Å². The number of nitrogens with one attached hydrogen (secondary N) is 2. The number of thiazole rings is 1. The minimum Gasteiger partial charge on any atom is -0.395 e. The number of anilines is 1. The molecule has 2 aromatic rings. The van der Waals surface area contributed by atoms with Crippen molar-refractivity contribution in [3.8, 4) is 10.6 Å². The number of carbonyl (C=O) groups is 3. The van der Waals surface area contributed by atoms with E-state index in [0.717, 1.165) is 5.56 Å². The summed E-state index contributed by atoms with van der Waals surface area (Å²) in [6.07, 6.45) is 2.07. The quantitative estimate of drug-likeness (QED) is 0.500. The molecule has 0 fully saturated rings. The molecule has 0 aliphatic rings. The molecule has 1 aromatic heterocycles. The third-order valence-corrected chi connectivity index (χ3v) is 4.72. The number of aromatic nitrogens is 1. The fourth-order valence-corrected chi connectivity index (χ4v) is 2.75. The van der Waals surface area contributed by atoms with E-state index in [4.69, 9.17) is 0 Å². The number of benzene rings is 1. The average molecular weight is 387 g/mol. The van der Waals surface area contributed by atoms with Crippen molar-refractivity contribution in [1.29, 1.82) is 0 Å². The van der Waals surface area contributed by atoms with Crippen molar-refractivity contribution in [2.75, 3.05) is 11.9 Å². The van der Waals surface area contributed by atoms with E-state index in [1.807, 2.05) is 0 Å². The lowest BCUT2D eigenvalue weighted by Crippen LogP contribution is -2.33. The molecule has 0 unspecified atom stereocenters. The Morgan fingerprint density at radius 2 is 1.93 bits per heavy atom. The van der Waals surface area contributed by atoms with Gasteiger partial charge >= 0.3 is 0 Å². The maximum atomic E-state index is 12.1. The Kier molecular flexibility index (Phi) is 6.59. The van der Waals surface area contributed by atoms with Gasteiger partial charge in [-0.2, -0.15) is 0 Å². The number of aliphatic hydroxyl groups excluding tert-OH is 1. The molecule has 0 aliphatic heterocycles. The Morgan fingerprint density at radius 1 is 1.26 bits per heavy atom. The highest BCUT2D eigenvalue weighted by atomic mass is 32.1. The number of aliphatic hydroxyl groups is 1. The SMILES string of the molecule is C/C=C(\C=O)NC(=O)c1csc(-c2ccc(NC(=O)C(C)(C)CO)cc2)n1. The first-order chi connectivity index (χ1) is 12.8. The average Bonchev–Trinajstić information content (AvgIpc) is 3.16. The predicted octanol–water partition coefficient (Wildman–Crippen LogP) is 2.60. The summed E-state index contributed by atoms with van der Waals surface area (Å²) in [7, 11) is 0. The fraction of sp³-hybridized carbons (Fsp3) is 0.263. The monoisotopic (exact) mass is 387 g/mol. The van der Waals surface area contributed by atoms with Crippen molar-refractivity contribution in [3.05, 3.63) is 47.1 Å². The van der Waals surface area contributed by atoms with Gasteiger partial charge < -0.3 is 15.7 Å². The van der Waals surface area contributed by atoms with Gasteiger partial charge in [0.05, 0.1) is 17.7 Å². The second kappa shape index (κ2) is 8.70. The second-order valence-corrected chi connectivity index (χ2v) is 7.29. The van der Waals surface area contributed by atoms with Gasteiger partial charge in [0.1, 0.15) is 10.7 Å². The lowest BCUT2D eigenvalue weighted by molar-refractivity contribution is -0.125. The van der Waals surface area contributed by atoms with E-state index in [0.29, 0.717) is 17.0 Å². The third-order valence-electron chi connectivity index (χ3n) is 3.83. The van der Waals surface area contributed by atoms with E-state index < -0.39 is 11.3 Å². The molecule has 0 atom stereocenters. The van der Waals surface area contributed by atoms with Crippen molar-refractivity contribution in [2.45, 2.75) is 20.8 Å². The molecular weight excluding hydrogens is 366 g/mol. The van der Waals surface area contributed by atoms with E-state index in [-0.39, 0.29) is 23.9 Å². The number of rotatable bonds is 7. The topological polar surface area (TPSA) is 108 Å². The molecular formula is C19H21N3O4S. The molecule has 8 heteroatoms. The summed E-state index contributed by atoms with van der Waals surface area (Å²) in [6, 6.07) is 7.02. The molecule has 27 heavy (non-hydrogen) atoms. The van der Waals surface area contributed by atoms with Crippen molar-refractivity contribution in [1.82, 2.24) is 10.3 Å². The first kappa shape index (κ1) is 20.5. The summed E-state index contributed by atoms with van der Waals surface area (Å²) >= 11 is 1.30. The summed E-state index contributed by atoms with van der Waals surface area (Å²) < 4.78 is 0. The molecule has 0 aliphatic carbocycles. The summed E-state index contributed by atoms with van der Waals surface area (Å²) in [4.78, 5) is 39.2. The molecule has 1 heterocycles. The van der Waals surface area contributed by atoms with Crippen molar-refractivity contribution in [2.24, 2.45) is 5.41 Å². The van der Waals surface area contributed by atoms with Crippen molar-refractivity contribution < 1.29 is 19.5 Å². The van der Waals surface area contributed by atoms with E-state index in [9.17, 15) is 19.5 Å². The molecule has 0 radical (unpaired) electrons. The number of carbonyl (C=O) groups excluding carboxylic acids is 3. The Morgan fingerprint density at radius 3 is 2.48 bits per heavy atom. The highest BCUT2D eigenvalue weighted by molar-refractivity contribution is 7.13. The Balaban J connectivity index is 2.10. The first-order valence-corrected chi connectivity index (χ1v) is 9.10. The Labute approximate surface area is 161 Å². The number of hydrogen-bond donors (Lipinski definition) is 3. The van der Waals surface area contributed by atoms with E-state index in [1.54, 1.807) is 50.4 Å². The molecule has 0 bridgehead atoms. The summed E-state index contributed by atoms with van der Waals surface area (Å²) in [5.74, 6) is -0.728. The van der Waals surface area contributed by atoms with E-state index >= 15 is 0 Å². The maximum Gasteiger partial charge on any atom is 0.275 e. The summed E-state index contributed by atoms with van der Waals surface area (Å²) in [5.41, 5.74) is 0.922. The van der Waals surface area contributed by atoms with Crippen LogP contribution in [0.4, 0.5) is 5.69 Å². The number of hydrogen-bond acceptors (Lipinski definition) is 6. The molecule has 7 nitrogen and oxygen atoms in total. The molecule has 0 spiro atoms. The van der Waals surface area contributed by atoms with Gasteiger partial charge in [-0.1, -0.05) is 6.08 Å². The Bertz CT molecular complexity index is 869. The smallest absolute Gasteiger partial charge is 0.275 e. The fourth-order valence-electron chi connectivity index (χ4n) is 1.94. The molecule has 2 rings (SSSR count). The minimum atomic E-state index is -0.871. The first-order valence-electron chi connectivity index (χ1n) is 8.22. The van der Waals surface area contributed by atoms with Crippen LogP contribution in [0.2, 0.25) is 0 Å². The molecule has 1 aromatic carbocycles. The van der Waals surface area contributed by atoms with Gasteiger partial charge in [-0.25, -0.2) is 4.98 Å². The minimum absolute atomic E-state index is 0.181. The van der Waals surface area contributed by atoms with Crippen LogP contribution >= 0.6 is 11.3 Å². The summed E-state index contributed by atoms with van der Waals surface area (Å²) in [5, 5.41) is 16.7. The van der Waals surface area contributed by atoms with Crippen LogP contribution in [0.25, 0.3) is 10.6 Å². The molecule has 3 N–H and O–H groups in total. The van der Waals surface area contributed by atoms with Gasteiger partial charge in [0.2, 0.25) is 5.91 Å². The lowest BCUT2D eigenvalue weighted by atomic mass is 9.93. The Hall–Kier alpha value is -2.84. The van der Waals surface area contributed by atoms with Gasteiger partial charge in [0.15, 0.2) is 6.29 Å². The van der Waals surface area contributed by atoms with Crippen LogP contribution in [0.1, 0.15) is 31.3 Å². The van der Waals surface area contributed by atoms with Gasteiger partial charge in [-0.05, 0) is 45.0 Å². The van der Waals surface area contributed by atoms with Crippen LogP contribution in [0.15, 0.2) is 41.4 Å². The van der Waals surface area contributed by atoms with Crippen LogP contribution < -0.4 is 10.6 Å². The molecule has 0 saturated carbocycles. The van der Waals surface area contributed by atoms with Crippen molar-refractivity contribution in [3.63, 3.8) is 0 Å². The number of amides is 2. The van der Waals surface area contributed by atoms with Crippen LogP contribution in [0.3, 0.4) is 0 Å². The van der Waals surface area contributed by atoms with E-state index in [2.05, 4.69) is 15.6 Å². The van der Waals surface area contributed by atoms with Crippen LogP contribution in [0.5, 0.6) is 0 Å². The van der Waals surface area contributed by atoms with Gasteiger partial charge in [0.25, 0.3) is 5.91 Å².